The molecular weight excluding hydrogens is 258 g/mol. The van der Waals surface area contributed by atoms with E-state index in [1.807, 2.05) is 23.5 Å². The summed E-state index contributed by atoms with van der Waals surface area (Å²) >= 11 is 4.06. The summed E-state index contributed by atoms with van der Waals surface area (Å²) in [7, 11) is 0. The van der Waals surface area contributed by atoms with E-state index in [2.05, 4.69) is 45.0 Å². The van der Waals surface area contributed by atoms with Gasteiger partial charge in [-0.1, -0.05) is 45.0 Å². The van der Waals surface area contributed by atoms with Crippen molar-refractivity contribution in [1.29, 1.82) is 0 Å². The SMILES string of the molecule is CC(C)(C)c1ccc(C(N)C2CSCCS2)cc1. The monoisotopic (exact) mass is 281 g/mol. The Labute approximate surface area is 119 Å². The van der Waals surface area contributed by atoms with Crippen molar-refractivity contribution in [2.45, 2.75) is 37.5 Å². The normalized spacial score (nSPS) is 22.8. The van der Waals surface area contributed by atoms with E-state index in [1.165, 1.54) is 28.4 Å². The van der Waals surface area contributed by atoms with Gasteiger partial charge in [0.2, 0.25) is 0 Å². The molecule has 2 unspecified atom stereocenters. The standard InChI is InChI=1S/C15H23NS2/c1-15(2,3)12-6-4-11(5-7-12)14(16)13-10-17-8-9-18-13/h4-7,13-14H,8-10,16H2,1-3H3. The van der Waals surface area contributed by atoms with Gasteiger partial charge < -0.3 is 5.73 Å². The van der Waals surface area contributed by atoms with Crippen LogP contribution < -0.4 is 5.73 Å². The Morgan fingerprint density at radius 2 is 1.83 bits per heavy atom. The maximum absolute atomic E-state index is 6.39. The number of hydrogen-bond acceptors (Lipinski definition) is 3. The van der Waals surface area contributed by atoms with Crippen LogP contribution >= 0.6 is 23.5 Å². The van der Waals surface area contributed by atoms with Crippen LogP contribution in [0.2, 0.25) is 0 Å². The van der Waals surface area contributed by atoms with Crippen LogP contribution in [-0.2, 0) is 5.41 Å². The second-order valence-corrected chi connectivity index (χ2v) is 8.38. The molecule has 1 nitrogen and oxygen atoms in total. The minimum absolute atomic E-state index is 0.178. The van der Waals surface area contributed by atoms with Crippen molar-refractivity contribution >= 4 is 23.5 Å². The maximum Gasteiger partial charge on any atom is 0.0423 e. The third kappa shape index (κ3) is 3.46. The van der Waals surface area contributed by atoms with Crippen molar-refractivity contribution in [3.8, 4) is 0 Å². The third-order valence-electron chi connectivity index (χ3n) is 3.40. The van der Waals surface area contributed by atoms with Crippen molar-refractivity contribution in [3.05, 3.63) is 35.4 Å². The molecule has 1 saturated heterocycles. The lowest BCUT2D eigenvalue weighted by molar-refractivity contribution is 0.589. The Kier molecular flexibility index (Phi) is 4.68. The van der Waals surface area contributed by atoms with E-state index in [-0.39, 0.29) is 11.5 Å². The first-order chi connectivity index (χ1) is 8.48. The number of rotatable bonds is 2. The third-order valence-corrected chi connectivity index (χ3v) is 6.29. The summed E-state index contributed by atoms with van der Waals surface area (Å²) in [6, 6.07) is 9.07. The second-order valence-electron chi connectivity index (χ2n) is 5.88. The summed E-state index contributed by atoms with van der Waals surface area (Å²) < 4.78 is 0. The fraction of sp³-hybridized carbons (Fsp3) is 0.600. The Morgan fingerprint density at radius 3 is 2.33 bits per heavy atom. The van der Waals surface area contributed by atoms with E-state index >= 15 is 0 Å². The average molecular weight is 281 g/mol. The van der Waals surface area contributed by atoms with Crippen molar-refractivity contribution in [2.75, 3.05) is 17.3 Å². The molecule has 1 heterocycles. The molecular formula is C15H23NS2. The van der Waals surface area contributed by atoms with Crippen molar-refractivity contribution in [3.63, 3.8) is 0 Å². The molecule has 3 heteroatoms. The van der Waals surface area contributed by atoms with Crippen LogP contribution in [0, 0.1) is 0 Å². The lowest BCUT2D eigenvalue weighted by atomic mass is 9.86. The first kappa shape index (κ1) is 14.3. The fourth-order valence-corrected chi connectivity index (χ4v) is 4.94. The molecule has 1 fully saturated rings. The highest BCUT2D eigenvalue weighted by Crippen LogP contribution is 2.33. The first-order valence-electron chi connectivity index (χ1n) is 6.54. The van der Waals surface area contributed by atoms with Crippen LogP contribution in [0.4, 0.5) is 0 Å². The van der Waals surface area contributed by atoms with Gasteiger partial charge in [-0.05, 0) is 16.5 Å². The van der Waals surface area contributed by atoms with Gasteiger partial charge in [0.25, 0.3) is 0 Å². The summed E-state index contributed by atoms with van der Waals surface area (Å²) in [6.07, 6.45) is 0. The zero-order valence-corrected chi connectivity index (χ0v) is 13.1. The van der Waals surface area contributed by atoms with Gasteiger partial charge in [-0.3, -0.25) is 0 Å². The summed E-state index contributed by atoms with van der Waals surface area (Å²) in [6.45, 7) is 6.74. The fourth-order valence-electron chi connectivity index (χ4n) is 2.13. The molecule has 1 aromatic carbocycles. The zero-order valence-electron chi connectivity index (χ0n) is 11.5. The van der Waals surface area contributed by atoms with E-state index in [0.717, 1.165) is 0 Å². The van der Waals surface area contributed by atoms with Crippen LogP contribution in [0.25, 0.3) is 0 Å². The molecule has 0 radical (unpaired) electrons. The van der Waals surface area contributed by atoms with Crippen LogP contribution in [0.5, 0.6) is 0 Å². The minimum atomic E-state index is 0.178. The molecule has 0 spiro atoms. The maximum atomic E-state index is 6.39. The van der Waals surface area contributed by atoms with E-state index in [0.29, 0.717) is 5.25 Å². The van der Waals surface area contributed by atoms with Crippen LogP contribution in [-0.4, -0.2) is 22.5 Å². The van der Waals surface area contributed by atoms with Gasteiger partial charge in [-0.2, -0.15) is 23.5 Å². The summed E-state index contributed by atoms with van der Waals surface area (Å²) in [4.78, 5) is 0. The molecule has 2 rings (SSSR count). The number of thioether (sulfide) groups is 2. The highest BCUT2D eigenvalue weighted by Gasteiger charge is 2.23. The van der Waals surface area contributed by atoms with E-state index in [4.69, 9.17) is 5.73 Å². The lowest BCUT2D eigenvalue weighted by Gasteiger charge is -2.27. The van der Waals surface area contributed by atoms with Crippen molar-refractivity contribution in [2.24, 2.45) is 5.73 Å². The Hall–Kier alpha value is -0.120. The smallest absolute Gasteiger partial charge is 0.0423 e. The molecule has 1 aliphatic rings. The second kappa shape index (κ2) is 5.89. The van der Waals surface area contributed by atoms with Gasteiger partial charge in [0.05, 0.1) is 0 Å². The van der Waals surface area contributed by atoms with Crippen molar-refractivity contribution < 1.29 is 0 Å². The quantitative estimate of drug-likeness (QED) is 0.892. The lowest BCUT2D eigenvalue weighted by Crippen LogP contribution is -2.28. The highest BCUT2D eigenvalue weighted by molar-refractivity contribution is 8.06. The van der Waals surface area contributed by atoms with Gasteiger partial charge in [-0.15, -0.1) is 0 Å². The minimum Gasteiger partial charge on any atom is -0.323 e. The van der Waals surface area contributed by atoms with Crippen LogP contribution in [0.15, 0.2) is 24.3 Å². The molecule has 0 aromatic heterocycles. The van der Waals surface area contributed by atoms with Crippen molar-refractivity contribution in [1.82, 2.24) is 0 Å². The molecule has 0 aliphatic carbocycles. The molecule has 100 valence electrons. The molecule has 0 bridgehead atoms. The molecule has 2 N–H and O–H groups in total. The molecule has 0 saturated carbocycles. The molecule has 0 amide bonds. The number of hydrogen-bond donors (Lipinski definition) is 1. The molecule has 1 aliphatic heterocycles. The molecule has 1 aromatic rings. The van der Waals surface area contributed by atoms with E-state index in [9.17, 15) is 0 Å². The van der Waals surface area contributed by atoms with E-state index < -0.39 is 0 Å². The average Bonchev–Trinajstić information content (AvgIpc) is 2.38. The van der Waals surface area contributed by atoms with Gasteiger partial charge in [-0.25, -0.2) is 0 Å². The predicted octanol–water partition coefficient (Wildman–Crippen LogP) is 3.83. The Morgan fingerprint density at radius 1 is 1.17 bits per heavy atom. The Bertz CT molecular complexity index is 374. The summed E-state index contributed by atoms with van der Waals surface area (Å²) in [5, 5.41) is 0.573. The van der Waals surface area contributed by atoms with Gasteiger partial charge in [0.15, 0.2) is 0 Å². The summed E-state index contributed by atoms with van der Waals surface area (Å²) in [5.41, 5.74) is 9.27. The predicted molar refractivity (Wildman–Crippen MR) is 85.6 cm³/mol. The van der Waals surface area contributed by atoms with Gasteiger partial charge in [0, 0.05) is 28.6 Å². The Balaban J connectivity index is 2.09. The largest absolute Gasteiger partial charge is 0.323 e. The molecule has 2 atom stereocenters. The topological polar surface area (TPSA) is 26.0 Å². The van der Waals surface area contributed by atoms with Gasteiger partial charge >= 0.3 is 0 Å². The zero-order chi connectivity index (χ0) is 13.2. The van der Waals surface area contributed by atoms with E-state index in [1.54, 1.807) is 0 Å². The van der Waals surface area contributed by atoms with Gasteiger partial charge in [0.1, 0.15) is 0 Å². The summed E-state index contributed by atoms with van der Waals surface area (Å²) in [5.74, 6) is 3.70. The number of benzene rings is 1. The highest BCUT2D eigenvalue weighted by atomic mass is 32.2. The van der Waals surface area contributed by atoms with Crippen LogP contribution in [0.3, 0.4) is 0 Å². The first-order valence-corrected chi connectivity index (χ1v) is 8.74. The van der Waals surface area contributed by atoms with Crippen LogP contribution in [0.1, 0.15) is 37.9 Å². The molecule has 18 heavy (non-hydrogen) atoms. The number of nitrogens with two attached hydrogens (primary N) is 1.